The highest BCUT2D eigenvalue weighted by atomic mass is 16.3. The van der Waals surface area contributed by atoms with Crippen molar-refractivity contribution >= 4 is 0 Å². The van der Waals surface area contributed by atoms with Crippen molar-refractivity contribution in [3.05, 3.63) is 42.1 Å². The van der Waals surface area contributed by atoms with Crippen molar-refractivity contribution in [2.75, 3.05) is 0 Å². The number of hydrogen-bond donors (Lipinski definition) is 1. The Balaban J connectivity index is 2.54. The highest BCUT2D eigenvalue weighted by Crippen LogP contribution is 2.26. The van der Waals surface area contributed by atoms with Gasteiger partial charge in [0.05, 0.1) is 12.8 Å². The van der Waals surface area contributed by atoms with Crippen LogP contribution in [0.2, 0.25) is 0 Å². The summed E-state index contributed by atoms with van der Waals surface area (Å²) in [5.74, 6) is 0.819. The summed E-state index contributed by atoms with van der Waals surface area (Å²) in [7, 11) is 0. The van der Waals surface area contributed by atoms with Crippen molar-refractivity contribution in [2.24, 2.45) is 5.73 Å². The van der Waals surface area contributed by atoms with Crippen LogP contribution in [0.1, 0.15) is 11.3 Å². The zero-order valence-corrected chi connectivity index (χ0v) is 8.03. The molecule has 3 nitrogen and oxygen atoms in total. The minimum absolute atomic E-state index is 0.421. The fraction of sp³-hybridized carbons (Fsp3) is 0.182. The minimum atomic E-state index is 0.421. The van der Waals surface area contributed by atoms with Crippen molar-refractivity contribution in [2.45, 2.75) is 13.5 Å². The number of pyridine rings is 1. The lowest BCUT2D eigenvalue weighted by molar-refractivity contribution is 0.513. The fourth-order valence-corrected chi connectivity index (χ4v) is 1.51. The average Bonchev–Trinajstić information content (AvgIpc) is 2.66. The molecule has 0 amide bonds. The van der Waals surface area contributed by atoms with E-state index >= 15 is 0 Å². The van der Waals surface area contributed by atoms with Crippen LogP contribution < -0.4 is 5.73 Å². The normalized spacial score (nSPS) is 10.4. The van der Waals surface area contributed by atoms with Gasteiger partial charge in [0.2, 0.25) is 0 Å². The summed E-state index contributed by atoms with van der Waals surface area (Å²) in [4.78, 5) is 4.05. The van der Waals surface area contributed by atoms with Crippen LogP contribution in [0.3, 0.4) is 0 Å². The summed E-state index contributed by atoms with van der Waals surface area (Å²) in [5, 5.41) is 0. The monoisotopic (exact) mass is 188 g/mol. The van der Waals surface area contributed by atoms with Gasteiger partial charge in [0.15, 0.2) is 0 Å². The number of hydrogen-bond acceptors (Lipinski definition) is 3. The molecule has 0 aliphatic carbocycles. The maximum Gasteiger partial charge on any atom is 0.125 e. The third-order valence-corrected chi connectivity index (χ3v) is 2.24. The van der Waals surface area contributed by atoms with Gasteiger partial charge in [-0.05, 0) is 30.2 Å². The van der Waals surface area contributed by atoms with Gasteiger partial charge < -0.3 is 10.2 Å². The topological polar surface area (TPSA) is 52.0 Å². The van der Waals surface area contributed by atoms with E-state index in [-0.39, 0.29) is 0 Å². The number of nitrogens with two attached hydrogens (primary N) is 1. The van der Waals surface area contributed by atoms with Crippen LogP contribution >= 0.6 is 0 Å². The molecule has 0 aromatic carbocycles. The summed E-state index contributed by atoms with van der Waals surface area (Å²) in [6, 6.07) is 3.91. The summed E-state index contributed by atoms with van der Waals surface area (Å²) in [6.45, 7) is 2.44. The van der Waals surface area contributed by atoms with Crippen LogP contribution in [0, 0.1) is 6.92 Å². The van der Waals surface area contributed by atoms with Gasteiger partial charge in [0.25, 0.3) is 0 Å². The molecule has 0 atom stereocenters. The molecule has 0 radical (unpaired) electrons. The van der Waals surface area contributed by atoms with E-state index in [4.69, 9.17) is 10.2 Å². The van der Waals surface area contributed by atoms with Gasteiger partial charge in [-0.15, -0.1) is 0 Å². The Hall–Kier alpha value is -1.61. The van der Waals surface area contributed by atoms with Crippen molar-refractivity contribution in [3.8, 4) is 11.1 Å². The van der Waals surface area contributed by atoms with Crippen molar-refractivity contribution < 1.29 is 4.42 Å². The Morgan fingerprint density at radius 2 is 2.21 bits per heavy atom. The van der Waals surface area contributed by atoms with E-state index in [0.717, 1.165) is 22.5 Å². The SMILES string of the molecule is Cc1cnccc1-c1ccoc1CN. The van der Waals surface area contributed by atoms with Crippen LogP contribution in [-0.4, -0.2) is 4.98 Å². The molecule has 2 N–H and O–H groups in total. The molecule has 0 bridgehead atoms. The van der Waals surface area contributed by atoms with Gasteiger partial charge in [-0.25, -0.2) is 0 Å². The van der Waals surface area contributed by atoms with E-state index in [1.165, 1.54) is 0 Å². The molecule has 2 aromatic heterocycles. The van der Waals surface area contributed by atoms with Gasteiger partial charge in [-0.3, -0.25) is 4.98 Å². The smallest absolute Gasteiger partial charge is 0.125 e. The zero-order chi connectivity index (χ0) is 9.97. The quantitative estimate of drug-likeness (QED) is 0.785. The maximum absolute atomic E-state index is 5.57. The number of furan rings is 1. The largest absolute Gasteiger partial charge is 0.467 e. The summed E-state index contributed by atoms with van der Waals surface area (Å²) >= 11 is 0. The van der Waals surface area contributed by atoms with Gasteiger partial charge in [-0.1, -0.05) is 0 Å². The second kappa shape index (κ2) is 3.64. The molecule has 2 aromatic rings. The average molecular weight is 188 g/mol. The van der Waals surface area contributed by atoms with Crippen molar-refractivity contribution in [3.63, 3.8) is 0 Å². The predicted octanol–water partition coefficient (Wildman–Crippen LogP) is 2.11. The molecule has 0 fully saturated rings. The van der Waals surface area contributed by atoms with E-state index in [1.807, 2.05) is 25.3 Å². The number of nitrogens with zero attached hydrogens (tertiary/aromatic N) is 1. The standard InChI is InChI=1S/C11H12N2O/c1-8-7-13-4-2-9(8)10-3-5-14-11(10)6-12/h2-5,7H,6,12H2,1H3. The number of rotatable bonds is 2. The fourth-order valence-electron chi connectivity index (χ4n) is 1.51. The van der Waals surface area contributed by atoms with E-state index < -0.39 is 0 Å². The molecule has 14 heavy (non-hydrogen) atoms. The lowest BCUT2D eigenvalue weighted by Crippen LogP contribution is -1.96. The minimum Gasteiger partial charge on any atom is -0.467 e. The molecular formula is C11H12N2O. The lowest BCUT2D eigenvalue weighted by atomic mass is 10.0. The predicted molar refractivity (Wildman–Crippen MR) is 54.6 cm³/mol. The molecule has 0 spiro atoms. The molecule has 2 heterocycles. The molecular weight excluding hydrogens is 176 g/mol. The first kappa shape index (κ1) is 8.97. The molecule has 3 heteroatoms. The Morgan fingerprint density at radius 3 is 2.93 bits per heavy atom. The van der Waals surface area contributed by atoms with Gasteiger partial charge in [0.1, 0.15) is 5.76 Å². The Kier molecular flexibility index (Phi) is 2.33. The van der Waals surface area contributed by atoms with Crippen LogP contribution in [0.5, 0.6) is 0 Å². The van der Waals surface area contributed by atoms with Crippen LogP contribution in [-0.2, 0) is 6.54 Å². The highest BCUT2D eigenvalue weighted by molar-refractivity contribution is 5.68. The van der Waals surface area contributed by atoms with E-state index in [1.54, 1.807) is 12.5 Å². The molecule has 0 unspecified atom stereocenters. The molecule has 2 rings (SSSR count). The highest BCUT2D eigenvalue weighted by Gasteiger charge is 2.08. The Morgan fingerprint density at radius 1 is 1.36 bits per heavy atom. The first-order valence-electron chi connectivity index (χ1n) is 4.50. The van der Waals surface area contributed by atoms with E-state index in [0.29, 0.717) is 6.54 Å². The van der Waals surface area contributed by atoms with E-state index in [2.05, 4.69) is 4.98 Å². The van der Waals surface area contributed by atoms with Crippen LogP contribution in [0.4, 0.5) is 0 Å². The summed E-state index contributed by atoms with van der Waals surface area (Å²) < 4.78 is 5.28. The Bertz CT molecular complexity index is 434. The van der Waals surface area contributed by atoms with Gasteiger partial charge in [0, 0.05) is 18.0 Å². The van der Waals surface area contributed by atoms with Crippen LogP contribution in [0.25, 0.3) is 11.1 Å². The van der Waals surface area contributed by atoms with E-state index in [9.17, 15) is 0 Å². The molecule has 0 aliphatic heterocycles. The second-order valence-electron chi connectivity index (χ2n) is 3.15. The third-order valence-electron chi connectivity index (χ3n) is 2.24. The summed E-state index contributed by atoms with van der Waals surface area (Å²) in [6.07, 6.45) is 5.27. The summed E-state index contributed by atoms with van der Waals surface area (Å²) in [5.41, 5.74) is 8.90. The molecule has 0 saturated heterocycles. The number of aryl methyl sites for hydroxylation is 1. The first-order chi connectivity index (χ1) is 6.83. The lowest BCUT2D eigenvalue weighted by Gasteiger charge is -2.03. The van der Waals surface area contributed by atoms with Gasteiger partial charge in [-0.2, -0.15) is 0 Å². The molecule has 0 aliphatic rings. The van der Waals surface area contributed by atoms with Gasteiger partial charge >= 0.3 is 0 Å². The Labute approximate surface area is 82.6 Å². The molecule has 0 saturated carbocycles. The van der Waals surface area contributed by atoms with Crippen molar-refractivity contribution in [1.29, 1.82) is 0 Å². The molecule has 72 valence electrons. The first-order valence-corrected chi connectivity index (χ1v) is 4.50. The number of aromatic nitrogens is 1. The van der Waals surface area contributed by atoms with Crippen LogP contribution in [0.15, 0.2) is 35.2 Å². The third kappa shape index (κ3) is 1.42. The zero-order valence-electron chi connectivity index (χ0n) is 8.03. The second-order valence-corrected chi connectivity index (χ2v) is 3.15. The maximum atomic E-state index is 5.57. The van der Waals surface area contributed by atoms with Crippen molar-refractivity contribution in [1.82, 2.24) is 4.98 Å².